The van der Waals surface area contributed by atoms with E-state index in [9.17, 15) is 0 Å². The third kappa shape index (κ3) is 5.04. The SMILES string of the molecule is CCC(CSC)=NCC(C)(C)C(C)C. The molecular weight excluding hydrogens is 190 g/mol. The fraction of sp³-hybridized carbons (Fsp3) is 0.917. The van der Waals surface area contributed by atoms with Crippen molar-refractivity contribution in [1.29, 1.82) is 0 Å². The highest BCUT2D eigenvalue weighted by molar-refractivity contribution is 7.99. The second-order valence-electron chi connectivity index (χ2n) is 4.81. The zero-order valence-corrected chi connectivity index (χ0v) is 11.4. The van der Waals surface area contributed by atoms with Crippen LogP contribution in [-0.2, 0) is 0 Å². The molecule has 0 aromatic carbocycles. The Hall–Kier alpha value is 0.0200. The molecule has 0 amide bonds. The standard InChI is InChI=1S/C12H25NS/c1-7-11(8-14-6)13-9-12(4,5)10(2)3/h10H,7-9H2,1-6H3. The lowest BCUT2D eigenvalue weighted by Gasteiger charge is -2.27. The number of hydrogen-bond donors (Lipinski definition) is 0. The normalized spacial score (nSPS) is 13.8. The molecule has 0 aromatic heterocycles. The maximum Gasteiger partial charge on any atom is 0.0442 e. The minimum absolute atomic E-state index is 0.332. The topological polar surface area (TPSA) is 12.4 Å². The quantitative estimate of drug-likeness (QED) is 0.612. The van der Waals surface area contributed by atoms with Crippen LogP contribution in [0, 0.1) is 11.3 Å². The molecule has 14 heavy (non-hydrogen) atoms. The molecule has 0 aliphatic heterocycles. The van der Waals surface area contributed by atoms with Gasteiger partial charge in [-0.05, 0) is 24.0 Å². The molecule has 0 aliphatic rings. The Kier molecular flexibility index (Phi) is 6.50. The third-order valence-corrected chi connectivity index (χ3v) is 3.61. The minimum atomic E-state index is 0.332. The Morgan fingerprint density at radius 2 is 1.93 bits per heavy atom. The molecular formula is C12H25NS. The smallest absolute Gasteiger partial charge is 0.0442 e. The number of thioether (sulfide) groups is 1. The van der Waals surface area contributed by atoms with Gasteiger partial charge in [-0.15, -0.1) is 0 Å². The molecule has 0 aromatic rings. The predicted molar refractivity (Wildman–Crippen MR) is 69.6 cm³/mol. The highest BCUT2D eigenvalue weighted by Gasteiger charge is 2.21. The van der Waals surface area contributed by atoms with Gasteiger partial charge in [0.05, 0.1) is 0 Å². The molecule has 2 heteroatoms. The summed E-state index contributed by atoms with van der Waals surface area (Å²) in [5.74, 6) is 1.78. The van der Waals surface area contributed by atoms with E-state index >= 15 is 0 Å². The predicted octanol–water partition coefficient (Wildman–Crippen LogP) is 3.88. The second-order valence-corrected chi connectivity index (χ2v) is 5.68. The first-order chi connectivity index (χ1) is 6.44. The summed E-state index contributed by atoms with van der Waals surface area (Å²) in [5.41, 5.74) is 1.69. The molecule has 0 bridgehead atoms. The number of hydrogen-bond acceptors (Lipinski definition) is 2. The number of nitrogens with zero attached hydrogens (tertiary/aromatic N) is 1. The highest BCUT2D eigenvalue weighted by atomic mass is 32.2. The van der Waals surface area contributed by atoms with Gasteiger partial charge in [0.2, 0.25) is 0 Å². The second kappa shape index (κ2) is 6.49. The van der Waals surface area contributed by atoms with E-state index in [0.717, 1.165) is 18.7 Å². The third-order valence-electron chi connectivity index (χ3n) is 2.99. The molecule has 1 nitrogen and oxygen atoms in total. The van der Waals surface area contributed by atoms with Crippen LogP contribution in [0.3, 0.4) is 0 Å². The van der Waals surface area contributed by atoms with Crippen LogP contribution in [0.2, 0.25) is 0 Å². The molecule has 0 radical (unpaired) electrons. The maximum atomic E-state index is 4.72. The van der Waals surface area contributed by atoms with E-state index in [2.05, 4.69) is 40.9 Å². The van der Waals surface area contributed by atoms with Crippen LogP contribution < -0.4 is 0 Å². The molecule has 0 rings (SSSR count). The molecule has 0 unspecified atom stereocenters. The van der Waals surface area contributed by atoms with Gasteiger partial charge in [0.25, 0.3) is 0 Å². The monoisotopic (exact) mass is 215 g/mol. The Morgan fingerprint density at radius 1 is 1.36 bits per heavy atom. The van der Waals surface area contributed by atoms with E-state index in [1.54, 1.807) is 0 Å². The van der Waals surface area contributed by atoms with Gasteiger partial charge in [0.1, 0.15) is 0 Å². The Balaban J connectivity index is 4.23. The Morgan fingerprint density at radius 3 is 2.29 bits per heavy atom. The molecule has 0 atom stereocenters. The Bertz CT molecular complexity index is 183. The Labute approximate surface area is 93.8 Å². The van der Waals surface area contributed by atoms with Gasteiger partial charge >= 0.3 is 0 Å². The van der Waals surface area contributed by atoms with Gasteiger partial charge < -0.3 is 0 Å². The molecule has 0 N–H and O–H groups in total. The van der Waals surface area contributed by atoms with Crippen molar-refractivity contribution in [3.05, 3.63) is 0 Å². The molecule has 0 spiro atoms. The van der Waals surface area contributed by atoms with Crippen molar-refractivity contribution in [2.45, 2.75) is 41.0 Å². The van der Waals surface area contributed by atoms with E-state index < -0.39 is 0 Å². The lowest BCUT2D eigenvalue weighted by atomic mass is 9.81. The summed E-state index contributed by atoms with van der Waals surface area (Å²) >= 11 is 1.86. The van der Waals surface area contributed by atoms with Gasteiger partial charge in [0, 0.05) is 18.0 Å². The van der Waals surface area contributed by atoms with Crippen LogP contribution in [-0.4, -0.2) is 24.3 Å². The van der Waals surface area contributed by atoms with Crippen LogP contribution in [0.15, 0.2) is 4.99 Å². The fourth-order valence-electron chi connectivity index (χ4n) is 0.924. The summed E-state index contributed by atoms with van der Waals surface area (Å²) in [5, 5.41) is 0. The first-order valence-corrected chi connectivity index (χ1v) is 6.84. The van der Waals surface area contributed by atoms with Crippen molar-refractivity contribution in [1.82, 2.24) is 0 Å². The molecule has 84 valence electrons. The van der Waals surface area contributed by atoms with E-state index in [0.29, 0.717) is 11.3 Å². The number of rotatable bonds is 6. The molecule has 0 saturated carbocycles. The van der Waals surface area contributed by atoms with Gasteiger partial charge in [-0.3, -0.25) is 4.99 Å². The van der Waals surface area contributed by atoms with Crippen LogP contribution in [0.25, 0.3) is 0 Å². The van der Waals surface area contributed by atoms with Crippen LogP contribution in [0.4, 0.5) is 0 Å². The maximum absolute atomic E-state index is 4.72. The average Bonchev–Trinajstić information content (AvgIpc) is 2.12. The fourth-order valence-corrected chi connectivity index (χ4v) is 1.55. The van der Waals surface area contributed by atoms with Gasteiger partial charge in [-0.2, -0.15) is 11.8 Å². The molecule has 0 heterocycles. The van der Waals surface area contributed by atoms with E-state index in [1.807, 2.05) is 11.8 Å². The summed E-state index contributed by atoms with van der Waals surface area (Å²) in [6.07, 6.45) is 3.23. The van der Waals surface area contributed by atoms with Crippen molar-refractivity contribution in [3.8, 4) is 0 Å². The van der Waals surface area contributed by atoms with Crippen LogP contribution in [0.1, 0.15) is 41.0 Å². The zero-order valence-electron chi connectivity index (χ0n) is 10.6. The van der Waals surface area contributed by atoms with Gasteiger partial charge in [-0.25, -0.2) is 0 Å². The lowest BCUT2D eigenvalue weighted by Crippen LogP contribution is -2.23. The van der Waals surface area contributed by atoms with E-state index in [4.69, 9.17) is 4.99 Å². The average molecular weight is 215 g/mol. The van der Waals surface area contributed by atoms with Crippen LogP contribution >= 0.6 is 11.8 Å². The minimum Gasteiger partial charge on any atom is -0.293 e. The summed E-state index contributed by atoms with van der Waals surface area (Å²) in [4.78, 5) is 4.72. The van der Waals surface area contributed by atoms with Crippen molar-refractivity contribution < 1.29 is 0 Å². The van der Waals surface area contributed by atoms with Crippen molar-refractivity contribution in [2.24, 2.45) is 16.3 Å². The molecule has 0 fully saturated rings. The molecule has 0 saturated heterocycles. The summed E-state index contributed by atoms with van der Waals surface area (Å²) in [6.45, 7) is 12.3. The van der Waals surface area contributed by atoms with Crippen molar-refractivity contribution in [3.63, 3.8) is 0 Å². The highest BCUT2D eigenvalue weighted by Crippen LogP contribution is 2.26. The number of aliphatic imine (C=N–C) groups is 1. The summed E-state index contributed by atoms with van der Waals surface area (Å²) in [7, 11) is 0. The van der Waals surface area contributed by atoms with E-state index in [-0.39, 0.29) is 0 Å². The van der Waals surface area contributed by atoms with Gasteiger partial charge in [0.15, 0.2) is 0 Å². The first-order valence-electron chi connectivity index (χ1n) is 5.45. The van der Waals surface area contributed by atoms with E-state index in [1.165, 1.54) is 5.71 Å². The summed E-state index contributed by atoms with van der Waals surface area (Å²) < 4.78 is 0. The zero-order chi connectivity index (χ0) is 11.2. The van der Waals surface area contributed by atoms with Crippen LogP contribution in [0.5, 0.6) is 0 Å². The van der Waals surface area contributed by atoms with Crippen molar-refractivity contribution in [2.75, 3.05) is 18.6 Å². The van der Waals surface area contributed by atoms with Gasteiger partial charge in [-0.1, -0.05) is 34.6 Å². The summed E-state index contributed by atoms with van der Waals surface area (Å²) in [6, 6.07) is 0. The lowest BCUT2D eigenvalue weighted by molar-refractivity contribution is 0.262. The molecule has 0 aliphatic carbocycles. The largest absolute Gasteiger partial charge is 0.293 e. The first kappa shape index (κ1) is 14.0. The van der Waals surface area contributed by atoms with Crippen molar-refractivity contribution >= 4 is 17.5 Å².